The number of rotatable bonds is 1. The van der Waals surface area contributed by atoms with E-state index in [4.69, 9.17) is 21.2 Å². The molecule has 13 heavy (non-hydrogen) atoms. The highest BCUT2D eigenvalue weighted by molar-refractivity contribution is 6.31. The van der Waals surface area contributed by atoms with Gasteiger partial charge in [0, 0.05) is 10.4 Å². The second kappa shape index (κ2) is 2.74. The van der Waals surface area contributed by atoms with E-state index in [1.54, 1.807) is 6.07 Å². The van der Waals surface area contributed by atoms with Crippen molar-refractivity contribution in [3.8, 4) is 0 Å². The normalized spacial score (nSPS) is 10.5. The summed E-state index contributed by atoms with van der Waals surface area (Å²) in [6.07, 6.45) is 1.42. The van der Waals surface area contributed by atoms with Crippen molar-refractivity contribution in [1.29, 1.82) is 0 Å². The van der Waals surface area contributed by atoms with Crippen molar-refractivity contribution in [2.75, 3.05) is 0 Å². The molecule has 0 fully saturated rings. The summed E-state index contributed by atoms with van der Waals surface area (Å²) in [5.41, 5.74) is 0.275. The van der Waals surface area contributed by atoms with Crippen molar-refractivity contribution < 1.29 is 14.4 Å². The van der Waals surface area contributed by atoms with E-state index < -0.39 is 5.97 Å². The Hall–Kier alpha value is -1.55. The first-order chi connectivity index (χ1) is 6.18. The quantitative estimate of drug-likeness (QED) is 0.761. The van der Waals surface area contributed by atoms with Gasteiger partial charge in [0.1, 0.15) is 5.56 Å². The first-order valence-electron chi connectivity index (χ1n) is 3.45. The van der Waals surface area contributed by atoms with Gasteiger partial charge in [0.05, 0.1) is 6.20 Å². The Morgan fingerprint density at radius 1 is 1.54 bits per heavy atom. The average Bonchev–Trinajstić information content (AvgIpc) is 2.49. The zero-order valence-corrected chi connectivity index (χ0v) is 7.08. The predicted octanol–water partition coefficient (Wildman–Crippen LogP) is 2.18. The van der Waals surface area contributed by atoms with Gasteiger partial charge in [-0.15, -0.1) is 0 Å². The van der Waals surface area contributed by atoms with Gasteiger partial charge >= 0.3 is 5.97 Å². The summed E-state index contributed by atoms with van der Waals surface area (Å²) in [6, 6.07) is 2.93. The van der Waals surface area contributed by atoms with Gasteiger partial charge in [-0.3, -0.25) is 0 Å². The number of hydrogen-bond donors (Lipinski definition) is 1. The maximum Gasteiger partial charge on any atom is 0.339 e. The fourth-order valence-corrected chi connectivity index (χ4v) is 1.33. The SMILES string of the molecule is O=C(O)c1cc(Cl)cc2cnoc12. The minimum absolute atomic E-state index is 0.0278. The molecule has 0 spiro atoms. The number of carbonyl (C=O) groups is 1. The average molecular weight is 198 g/mol. The lowest BCUT2D eigenvalue weighted by Gasteiger charge is -1.95. The van der Waals surface area contributed by atoms with Gasteiger partial charge in [-0.1, -0.05) is 16.8 Å². The number of benzene rings is 1. The Morgan fingerprint density at radius 2 is 2.31 bits per heavy atom. The van der Waals surface area contributed by atoms with Crippen molar-refractivity contribution in [2.24, 2.45) is 0 Å². The first kappa shape index (κ1) is 8.07. The molecule has 1 N–H and O–H groups in total. The number of halogens is 1. The molecule has 0 amide bonds. The van der Waals surface area contributed by atoms with Crippen LogP contribution in [0.15, 0.2) is 22.9 Å². The molecule has 0 bridgehead atoms. The van der Waals surface area contributed by atoms with Gasteiger partial charge < -0.3 is 9.63 Å². The number of fused-ring (bicyclic) bond motifs is 1. The molecule has 0 saturated heterocycles. The summed E-state index contributed by atoms with van der Waals surface area (Å²) < 4.78 is 4.78. The standard InChI is InChI=1S/C8H4ClNO3/c9-5-1-4-3-10-13-7(4)6(2-5)8(11)12/h1-3H,(H,11,12). The summed E-state index contributed by atoms with van der Waals surface area (Å²) in [5, 5.41) is 13.2. The molecule has 1 heterocycles. The van der Waals surface area contributed by atoms with Crippen LogP contribution in [0.4, 0.5) is 0 Å². The largest absolute Gasteiger partial charge is 0.478 e. The van der Waals surface area contributed by atoms with Gasteiger partial charge in [-0.2, -0.15) is 0 Å². The molecule has 4 nitrogen and oxygen atoms in total. The number of nitrogens with zero attached hydrogens (tertiary/aromatic N) is 1. The van der Waals surface area contributed by atoms with Crippen LogP contribution in [0.5, 0.6) is 0 Å². The van der Waals surface area contributed by atoms with E-state index in [1.165, 1.54) is 12.3 Å². The van der Waals surface area contributed by atoms with E-state index in [0.29, 0.717) is 10.4 Å². The monoisotopic (exact) mass is 197 g/mol. The zero-order chi connectivity index (χ0) is 9.42. The molecule has 0 aliphatic heterocycles. The molecule has 0 aliphatic carbocycles. The lowest BCUT2D eigenvalue weighted by Crippen LogP contribution is -1.96. The highest BCUT2D eigenvalue weighted by Crippen LogP contribution is 2.23. The van der Waals surface area contributed by atoms with Crippen molar-refractivity contribution in [2.45, 2.75) is 0 Å². The zero-order valence-electron chi connectivity index (χ0n) is 6.32. The Labute approximate surface area is 77.7 Å². The van der Waals surface area contributed by atoms with Crippen molar-refractivity contribution in [3.05, 3.63) is 28.9 Å². The van der Waals surface area contributed by atoms with Gasteiger partial charge in [0.25, 0.3) is 0 Å². The smallest absolute Gasteiger partial charge is 0.339 e. The van der Waals surface area contributed by atoms with Crippen molar-refractivity contribution in [1.82, 2.24) is 5.16 Å². The molecule has 2 rings (SSSR count). The summed E-state index contributed by atoms with van der Waals surface area (Å²) in [6.45, 7) is 0. The Kier molecular flexibility index (Phi) is 1.70. The van der Waals surface area contributed by atoms with Crippen LogP contribution < -0.4 is 0 Å². The molecule has 0 radical (unpaired) electrons. The molecular weight excluding hydrogens is 194 g/mol. The minimum atomic E-state index is -1.08. The van der Waals surface area contributed by atoms with Crippen molar-refractivity contribution >= 4 is 28.5 Å². The van der Waals surface area contributed by atoms with Crippen LogP contribution in [0.1, 0.15) is 10.4 Å². The Bertz CT molecular complexity index is 477. The minimum Gasteiger partial charge on any atom is -0.478 e. The number of aromatic carboxylic acids is 1. The molecule has 66 valence electrons. The van der Waals surface area contributed by atoms with Crippen LogP contribution in [0, 0.1) is 0 Å². The summed E-state index contributed by atoms with van der Waals surface area (Å²) in [4.78, 5) is 10.7. The summed E-state index contributed by atoms with van der Waals surface area (Å²) in [5.74, 6) is -1.08. The van der Waals surface area contributed by atoms with E-state index in [1.807, 2.05) is 0 Å². The first-order valence-corrected chi connectivity index (χ1v) is 3.83. The maximum absolute atomic E-state index is 10.7. The third-order valence-corrected chi connectivity index (χ3v) is 1.87. The predicted molar refractivity (Wildman–Crippen MR) is 46.0 cm³/mol. The molecule has 1 aromatic heterocycles. The van der Waals surface area contributed by atoms with E-state index in [2.05, 4.69) is 5.16 Å². The van der Waals surface area contributed by atoms with Gasteiger partial charge in [0.2, 0.25) is 0 Å². The lowest BCUT2D eigenvalue weighted by molar-refractivity contribution is 0.0697. The molecule has 0 atom stereocenters. The summed E-state index contributed by atoms with van der Waals surface area (Å²) in [7, 11) is 0. The third-order valence-electron chi connectivity index (χ3n) is 1.65. The molecule has 5 heteroatoms. The fourth-order valence-electron chi connectivity index (χ4n) is 1.11. The molecule has 0 aliphatic rings. The molecule has 0 saturated carbocycles. The van der Waals surface area contributed by atoms with Crippen LogP contribution >= 0.6 is 11.6 Å². The van der Waals surface area contributed by atoms with Crippen LogP contribution in [0.2, 0.25) is 5.02 Å². The number of aromatic nitrogens is 1. The van der Waals surface area contributed by atoms with Gasteiger partial charge in [-0.05, 0) is 12.1 Å². The molecular formula is C8H4ClNO3. The van der Waals surface area contributed by atoms with Gasteiger partial charge in [0.15, 0.2) is 5.58 Å². The fraction of sp³-hybridized carbons (Fsp3) is 0. The van der Waals surface area contributed by atoms with E-state index in [0.717, 1.165) is 0 Å². The van der Waals surface area contributed by atoms with Gasteiger partial charge in [-0.25, -0.2) is 4.79 Å². The number of carboxylic acid groups (broad SMARTS) is 1. The Balaban J connectivity index is 2.84. The van der Waals surface area contributed by atoms with Crippen LogP contribution in [-0.4, -0.2) is 16.2 Å². The van der Waals surface area contributed by atoms with Crippen LogP contribution in [0.3, 0.4) is 0 Å². The number of hydrogen-bond acceptors (Lipinski definition) is 3. The van der Waals surface area contributed by atoms with Crippen LogP contribution in [0.25, 0.3) is 11.0 Å². The second-order valence-corrected chi connectivity index (χ2v) is 2.94. The third kappa shape index (κ3) is 1.25. The lowest BCUT2D eigenvalue weighted by atomic mass is 10.1. The molecule has 0 unspecified atom stereocenters. The molecule has 2 aromatic rings. The second-order valence-electron chi connectivity index (χ2n) is 2.50. The number of carboxylic acids is 1. The van der Waals surface area contributed by atoms with Crippen molar-refractivity contribution in [3.63, 3.8) is 0 Å². The summed E-state index contributed by atoms with van der Waals surface area (Å²) >= 11 is 5.69. The highest BCUT2D eigenvalue weighted by atomic mass is 35.5. The van der Waals surface area contributed by atoms with Crippen LogP contribution in [-0.2, 0) is 0 Å². The highest BCUT2D eigenvalue weighted by Gasteiger charge is 2.13. The van der Waals surface area contributed by atoms with E-state index >= 15 is 0 Å². The molecule has 1 aromatic carbocycles. The topological polar surface area (TPSA) is 63.3 Å². The van der Waals surface area contributed by atoms with E-state index in [-0.39, 0.29) is 11.1 Å². The Morgan fingerprint density at radius 3 is 3.00 bits per heavy atom. The van der Waals surface area contributed by atoms with E-state index in [9.17, 15) is 4.79 Å². The maximum atomic E-state index is 10.7.